The highest BCUT2D eigenvalue weighted by Crippen LogP contribution is 2.25. The molecule has 0 aliphatic carbocycles. The summed E-state index contributed by atoms with van der Waals surface area (Å²) in [6.07, 6.45) is 0.857. The first-order chi connectivity index (χ1) is 10.0. The van der Waals surface area contributed by atoms with E-state index in [1.807, 2.05) is 45.0 Å². The average molecular weight is 287 g/mol. The molecule has 0 fully saturated rings. The van der Waals surface area contributed by atoms with Gasteiger partial charge in [0.05, 0.1) is 11.7 Å². The van der Waals surface area contributed by atoms with E-state index in [0.29, 0.717) is 11.5 Å². The zero-order valence-electron chi connectivity index (χ0n) is 12.6. The number of aryl methyl sites for hydroxylation is 1. The number of aromatic nitrogens is 3. The van der Waals surface area contributed by atoms with Gasteiger partial charge in [-0.2, -0.15) is 5.10 Å². The molecule has 2 rings (SSSR count). The fourth-order valence-electron chi connectivity index (χ4n) is 1.98. The number of amides is 1. The van der Waals surface area contributed by atoms with Gasteiger partial charge in [0, 0.05) is 5.56 Å². The second-order valence-corrected chi connectivity index (χ2v) is 5.19. The van der Waals surface area contributed by atoms with Crippen molar-refractivity contribution >= 4 is 11.6 Å². The maximum absolute atomic E-state index is 12.2. The molecular formula is C15H21N5O. The van der Waals surface area contributed by atoms with Crippen molar-refractivity contribution in [3.63, 3.8) is 0 Å². The van der Waals surface area contributed by atoms with Gasteiger partial charge in [-0.25, -0.2) is 4.98 Å². The van der Waals surface area contributed by atoms with Gasteiger partial charge in [-0.3, -0.25) is 9.89 Å². The highest BCUT2D eigenvalue weighted by atomic mass is 16.2. The molecule has 4 N–H and O–H groups in total. The molecule has 0 saturated heterocycles. The minimum Gasteiger partial charge on any atom is -0.324 e. The summed E-state index contributed by atoms with van der Waals surface area (Å²) in [4.78, 5) is 16.5. The molecule has 21 heavy (non-hydrogen) atoms. The molecule has 6 heteroatoms. The monoisotopic (exact) mass is 287 g/mol. The smallest absolute Gasteiger partial charge is 0.241 e. The molecular weight excluding hydrogens is 266 g/mol. The largest absolute Gasteiger partial charge is 0.324 e. The van der Waals surface area contributed by atoms with Gasteiger partial charge in [0.1, 0.15) is 5.82 Å². The molecule has 112 valence electrons. The number of nitrogens with two attached hydrogens (primary N) is 1. The summed E-state index contributed by atoms with van der Waals surface area (Å²) in [5, 5.41) is 9.81. The lowest BCUT2D eigenvalue weighted by molar-refractivity contribution is -0.118. The Morgan fingerprint density at radius 1 is 1.43 bits per heavy atom. The molecule has 1 amide bonds. The topological polar surface area (TPSA) is 96.7 Å². The molecule has 0 spiro atoms. The number of carbonyl (C=O) groups excluding carboxylic acids is 1. The second kappa shape index (κ2) is 6.49. The van der Waals surface area contributed by atoms with E-state index in [0.717, 1.165) is 17.8 Å². The van der Waals surface area contributed by atoms with Crippen molar-refractivity contribution in [2.45, 2.75) is 33.2 Å². The number of H-pyrrole nitrogens is 1. The van der Waals surface area contributed by atoms with Crippen LogP contribution in [-0.4, -0.2) is 27.1 Å². The summed E-state index contributed by atoms with van der Waals surface area (Å²) in [6, 6.07) is 6.89. The maximum atomic E-state index is 12.2. The van der Waals surface area contributed by atoms with E-state index in [2.05, 4.69) is 20.5 Å². The van der Waals surface area contributed by atoms with Gasteiger partial charge in [-0.15, -0.1) is 0 Å². The molecule has 2 aromatic rings. The van der Waals surface area contributed by atoms with E-state index in [1.165, 1.54) is 0 Å². The number of anilines is 1. The van der Waals surface area contributed by atoms with Gasteiger partial charge in [0.2, 0.25) is 5.91 Å². The Hall–Kier alpha value is -2.21. The number of hydrogen-bond acceptors (Lipinski definition) is 4. The summed E-state index contributed by atoms with van der Waals surface area (Å²) in [6.45, 7) is 5.81. The SMILES string of the molecule is CCC(C)[C@H](N)C(=O)Nc1ccccc1-c1n[nH]c(C)n1. The summed E-state index contributed by atoms with van der Waals surface area (Å²) in [5.74, 6) is 1.22. The van der Waals surface area contributed by atoms with Crippen LogP contribution in [-0.2, 0) is 4.79 Å². The minimum absolute atomic E-state index is 0.128. The summed E-state index contributed by atoms with van der Waals surface area (Å²) >= 11 is 0. The predicted molar refractivity (Wildman–Crippen MR) is 82.6 cm³/mol. The number of carbonyl (C=O) groups is 1. The Kier molecular flexibility index (Phi) is 4.70. The van der Waals surface area contributed by atoms with Crippen LogP contribution in [0.5, 0.6) is 0 Å². The Morgan fingerprint density at radius 3 is 2.76 bits per heavy atom. The molecule has 2 atom stereocenters. The van der Waals surface area contributed by atoms with Gasteiger partial charge in [0.25, 0.3) is 0 Å². The number of benzene rings is 1. The van der Waals surface area contributed by atoms with Gasteiger partial charge >= 0.3 is 0 Å². The standard InChI is InChI=1S/C15H21N5O/c1-4-9(2)13(16)15(21)18-12-8-6-5-7-11(12)14-17-10(3)19-20-14/h5-9,13H,4,16H2,1-3H3,(H,18,21)(H,17,19,20)/t9?,13-/m0/s1. The molecule has 1 unspecified atom stereocenters. The summed E-state index contributed by atoms with van der Waals surface area (Å²) < 4.78 is 0. The molecule has 1 heterocycles. The van der Waals surface area contributed by atoms with E-state index in [9.17, 15) is 4.79 Å². The van der Waals surface area contributed by atoms with Gasteiger partial charge in [0.15, 0.2) is 5.82 Å². The summed E-state index contributed by atoms with van der Waals surface area (Å²) in [5.41, 5.74) is 7.40. The number of rotatable bonds is 5. The first-order valence-electron chi connectivity index (χ1n) is 7.07. The van der Waals surface area contributed by atoms with Crippen molar-refractivity contribution in [2.75, 3.05) is 5.32 Å². The minimum atomic E-state index is -0.531. The molecule has 0 aliphatic rings. The first kappa shape index (κ1) is 15.2. The molecule has 0 saturated carbocycles. The average Bonchev–Trinajstić information content (AvgIpc) is 2.92. The third-order valence-corrected chi connectivity index (χ3v) is 3.58. The van der Waals surface area contributed by atoms with Crippen LogP contribution in [0.25, 0.3) is 11.4 Å². The number of nitrogens with one attached hydrogen (secondary N) is 2. The van der Waals surface area contributed by atoms with Crippen molar-refractivity contribution in [2.24, 2.45) is 11.7 Å². The maximum Gasteiger partial charge on any atom is 0.241 e. The lowest BCUT2D eigenvalue weighted by atomic mass is 9.99. The Bertz CT molecular complexity index is 622. The number of nitrogens with zero attached hydrogens (tertiary/aromatic N) is 2. The Morgan fingerprint density at radius 2 is 2.14 bits per heavy atom. The van der Waals surface area contributed by atoms with E-state index in [-0.39, 0.29) is 11.8 Å². The van der Waals surface area contributed by atoms with Crippen molar-refractivity contribution in [3.05, 3.63) is 30.1 Å². The van der Waals surface area contributed by atoms with Crippen molar-refractivity contribution in [1.29, 1.82) is 0 Å². The normalized spacial score (nSPS) is 13.7. The lowest BCUT2D eigenvalue weighted by Crippen LogP contribution is -2.40. The third kappa shape index (κ3) is 3.46. The van der Waals surface area contributed by atoms with Crippen LogP contribution >= 0.6 is 0 Å². The van der Waals surface area contributed by atoms with Crippen LogP contribution in [0.15, 0.2) is 24.3 Å². The number of aromatic amines is 1. The van der Waals surface area contributed by atoms with Gasteiger partial charge in [-0.1, -0.05) is 32.4 Å². The molecule has 6 nitrogen and oxygen atoms in total. The highest BCUT2D eigenvalue weighted by Gasteiger charge is 2.20. The molecule has 1 aromatic carbocycles. The first-order valence-corrected chi connectivity index (χ1v) is 7.07. The molecule has 0 radical (unpaired) electrons. The molecule has 1 aromatic heterocycles. The summed E-state index contributed by atoms with van der Waals surface area (Å²) in [7, 11) is 0. The van der Waals surface area contributed by atoms with Crippen molar-refractivity contribution in [1.82, 2.24) is 15.2 Å². The van der Waals surface area contributed by atoms with E-state index < -0.39 is 6.04 Å². The van der Waals surface area contributed by atoms with Crippen LogP contribution in [0.2, 0.25) is 0 Å². The fraction of sp³-hybridized carbons (Fsp3) is 0.400. The number of para-hydroxylation sites is 1. The molecule has 0 bridgehead atoms. The zero-order chi connectivity index (χ0) is 15.4. The zero-order valence-corrected chi connectivity index (χ0v) is 12.6. The van der Waals surface area contributed by atoms with Crippen LogP contribution in [0.1, 0.15) is 26.1 Å². The van der Waals surface area contributed by atoms with Gasteiger partial charge < -0.3 is 11.1 Å². The van der Waals surface area contributed by atoms with Crippen LogP contribution in [0.4, 0.5) is 5.69 Å². The van der Waals surface area contributed by atoms with E-state index in [1.54, 1.807) is 0 Å². The van der Waals surface area contributed by atoms with Crippen molar-refractivity contribution < 1.29 is 4.79 Å². The van der Waals surface area contributed by atoms with Crippen LogP contribution < -0.4 is 11.1 Å². The predicted octanol–water partition coefficient (Wildman–Crippen LogP) is 2.09. The van der Waals surface area contributed by atoms with E-state index >= 15 is 0 Å². The van der Waals surface area contributed by atoms with E-state index in [4.69, 9.17) is 5.73 Å². The van der Waals surface area contributed by atoms with Gasteiger partial charge in [-0.05, 0) is 25.0 Å². The van der Waals surface area contributed by atoms with Crippen LogP contribution in [0.3, 0.4) is 0 Å². The molecule has 0 aliphatic heterocycles. The number of hydrogen-bond donors (Lipinski definition) is 3. The van der Waals surface area contributed by atoms with Crippen LogP contribution in [0, 0.1) is 12.8 Å². The highest BCUT2D eigenvalue weighted by molar-refractivity contribution is 5.97. The second-order valence-electron chi connectivity index (χ2n) is 5.19. The quantitative estimate of drug-likeness (QED) is 0.784. The Balaban J connectivity index is 2.23. The Labute approximate surface area is 124 Å². The van der Waals surface area contributed by atoms with Crippen molar-refractivity contribution in [3.8, 4) is 11.4 Å². The lowest BCUT2D eigenvalue weighted by Gasteiger charge is -2.18. The fourth-order valence-corrected chi connectivity index (χ4v) is 1.98. The third-order valence-electron chi connectivity index (χ3n) is 3.58.